The van der Waals surface area contributed by atoms with Gasteiger partial charge in [-0.2, -0.15) is 11.8 Å². The van der Waals surface area contributed by atoms with Crippen molar-refractivity contribution < 1.29 is 0 Å². The number of rotatable bonds is 1. The van der Waals surface area contributed by atoms with Gasteiger partial charge in [0.25, 0.3) is 0 Å². The summed E-state index contributed by atoms with van der Waals surface area (Å²) in [7, 11) is 0. The molecule has 0 spiro atoms. The second-order valence-corrected chi connectivity index (χ2v) is 7.11. The molecule has 1 N–H and O–H groups in total. The minimum absolute atomic E-state index is 0.565. The maximum atomic E-state index is 5.47. The van der Waals surface area contributed by atoms with Gasteiger partial charge in [0, 0.05) is 15.4 Å². The summed E-state index contributed by atoms with van der Waals surface area (Å²) in [6.07, 6.45) is 2.55. The topological polar surface area (TPSA) is 20.7 Å². The number of thioether (sulfide) groups is 1. The quantitative estimate of drug-likeness (QED) is 0.589. The standard InChI is InChI=1S/C12H13IN2S2/c13-8-3-4-11-10(6-8)14-12(16)15(11)9-2-1-5-17-7-9/h3-4,6,9H,1-2,5,7H2,(H,14,16). The molecular weight excluding hydrogens is 363 g/mol. The van der Waals surface area contributed by atoms with E-state index in [1.807, 2.05) is 11.8 Å². The second kappa shape index (κ2) is 4.93. The monoisotopic (exact) mass is 376 g/mol. The van der Waals surface area contributed by atoms with Crippen LogP contribution in [0.25, 0.3) is 11.0 Å². The molecule has 0 saturated carbocycles. The zero-order chi connectivity index (χ0) is 11.8. The van der Waals surface area contributed by atoms with Crippen molar-refractivity contribution in [1.82, 2.24) is 9.55 Å². The molecular formula is C12H13IN2S2. The largest absolute Gasteiger partial charge is 0.331 e. The van der Waals surface area contributed by atoms with E-state index in [4.69, 9.17) is 12.2 Å². The Kier molecular flexibility index (Phi) is 3.49. The molecule has 2 nitrogen and oxygen atoms in total. The van der Waals surface area contributed by atoms with Gasteiger partial charge in [-0.25, -0.2) is 0 Å². The number of nitrogens with one attached hydrogen (secondary N) is 1. The molecule has 1 aliphatic heterocycles. The number of hydrogen-bond donors (Lipinski definition) is 1. The molecule has 90 valence electrons. The number of halogens is 1. The van der Waals surface area contributed by atoms with Gasteiger partial charge in [0.05, 0.1) is 11.0 Å². The summed E-state index contributed by atoms with van der Waals surface area (Å²) in [5.41, 5.74) is 2.42. The average Bonchev–Trinajstić information content (AvgIpc) is 2.65. The molecule has 0 amide bonds. The van der Waals surface area contributed by atoms with Crippen molar-refractivity contribution in [1.29, 1.82) is 0 Å². The van der Waals surface area contributed by atoms with Crippen LogP contribution in [0.3, 0.4) is 0 Å². The van der Waals surface area contributed by atoms with Gasteiger partial charge < -0.3 is 9.55 Å². The Labute approximate surface area is 123 Å². The lowest BCUT2D eigenvalue weighted by Gasteiger charge is -2.23. The first-order chi connectivity index (χ1) is 8.25. The lowest BCUT2D eigenvalue weighted by atomic mass is 10.2. The molecule has 1 aliphatic rings. The van der Waals surface area contributed by atoms with Gasteiger partial charge in [0.2, 0.25) is 0 Å². The Morgan fingerprint density at radius 2 is 2.35 bits per heavy atom. The van der Waals surface area contributed by atoms with Crippen LogP contribution >= 0.6 is 46.6 Å². The molecule has 1 fully saturated rings. The SMILES string of the molecule is S=c1[nH]c2cc(I)ccc2n1C1CCCSC1. The van der Waals surface area contributed by atoms with E-state index in [0.717, 1.165) is 10.3 Å². The predicted octanol–water partition coefficient (Wildman–Crippen LogP) is 4.37. The van der Waals surface area contributed by atoms with Crippen LogP contribution in [-0.4, -0.2) is 21.1 Å². The number of nitrogens with zero attached hydrogens (tertiary/aromatic N) is 1. The van der Waals surface area contributed by atoms with Crippen LogP contribution in [-0.2, 0) is 0 Å². The van der Waals surface area contributed by atoms with E-state index >= 15 is 0 Å². The molecule has 0 bridgehead atoms. The van der Waals surface area contributed by atoms with Crippen LogP contribution in [0, 0.1) is 8.34 Å². The minimum Gasteiger partial charge on any atom is -0.331 e. The van der Waals surface area contributed by atoms with Gasteiger partial charge in [0.1, 0.15) is 0 Å². The summed E-state index contributed by atoms with van der Waals surface area (Å²) in [4.78, 5) is 3.33. The van der Waals surface area contributed by atoms with Crippen molar-refractivity contribution in [2.45, 2.75) is 18.9 Å². The zero-order valence-electron chi connectivity index (χ0n) is 9.28. The molecule has 1 saturated heterocycles. The third kappa shape index (κ3) is 2.29. The summed E-state index contributed by atoms with van der Waals surface area (Å²) in [6.45, 7) is 0. The van der Waals surface area contributed by atoms with Crippen LogP contribution in [0.1, 0.15) is 18.9 Å². The lowest BCUT2D eigenvalue weighted by molar-refractivity contribution is 0.506. The van der Waals surface area contributed by atoms with Crippen LogP contribution in [0.15, 0.2) is 18.2 Å². The normalized spacial score (nSPS) is 20.9. The van der Waals surface area contributed by atoms with E-state index in [0.29, 0.717) is 6.04 Å². The number of fused-ring (bicyclic) bond motifs is 1. The molecule has 5 heteroatoms. The molecule has 1 aromatic heterocycles. The maximum Gasteiger partial charge on any atom is 0.178 e. The van der Waals surface area contributed by atoms with E-state index in [1.54, 1.807) is 0 Å². The molecule has 0 radical (unpaired) electrons. The number of hydrogen-bond acceptors (Lipinski definition) is 2. The van der Waals surface area contributed by atoms with Crippen molar-refractivity contribution in [2.75, 3.05) is 11.5 Å². The molecule has 3 rings (SSSR count). The summed E-state index contributed by atoms with van der Waals surface area (Å²) < 4.78 is 4.43. The molecule has 1 unspecified atom stereocenters. The fourth-order valence-corrected chi connectivity index (χ4v) is 4.37. The highest BCUT2D eigenvalue weighted by Crippen LogP contribution is 2.30. The Morgan fingerprint density at radius 3 is 3.12 bits per heavy atom. The van der Waals surface area contributed by atoms with Gasteiger partial charge in [-0.1, -0.05) is 0 Å². The van der Waals surface area contributed by atoms with Gasteiger partial charge in [-0.3, -0.25) is 0 Å². The fraction of sp³-hybridized carbons (Fsp3) is 0.417. The number of H-pyrrole nitrogens is 1. The van der Waals surface area contributed by atoms with Gasteiger partial charge in [0.15, 0.2) is 4.77 Å². The minimum atomic E-state index is 0.565. The molecule has 0 aliphatic carbocycles. The first-order valence-electron chi connectivity index (χ1n) is 5.73. The van der Waals surface area contributed by atoms with E-state index in [9.17, 15) is 0 Å². The van der Waals surface area contributed by atoms with E-state index in [-0.39, 0.29) is 0 Å². The molecule has 1 atom stereocenters. The van der Waals surface area contributed by atoms with Crippen LogP contribution < -0.4 is 0 Å². The van der Waals surface area contributed by atoms with Gasteiger partial charge >= 0.3 is 0 Å². The fourth-order valence-electron chi connectivity index (χ4n) is 2.39. The Bertz CT molecular complexity index is 596. The molecule has 1 aromatic carbocycles. The zero-order valence-corrected chi connectivity index (χ0v) is 13.1. The van der Waals surface area contributed by atoms with Crippen molar-refractivity contribution in [2.24, 2.45) is 0 Å². The number of benzene rings is 1. The van der Waals surface area contributed by atoms with Crippen molar-refractivity contribution >= 4 is 57.6 Å². The molecule has 17 heavy (non-hydrogen) atoms. The Hall–Kier alpha value is -0.0100. The number of imidazole rings is 1. The Balaban J connectivity index is 2.14. The average molecular weight is 376 g/mol. The van der Waals surface area contributed by atoms with E-state index < -0.39 is 0 Å². The molecule has 2 heterocycles. The lowest BCUT2D eigenvalue weighted by Crippen LogP contribution is -2.16. The van der Waals surface area contributed by atoms with Crippen LogP contribution in [0.5, 0.6) is 0 Å². The summed E-state index contributed by atoms with van der Waals surface area (Å²) >= 11 is 9.85. The summed E-state index contributed by atoms with van der Waals surface area (Å²) in [6, 6.07) is 7.06. The van der Waals surface area contributed by atoms with E-state index in [2.05, 4.69) is 50.3 Å². The maximum absolute atomic E-state index is 5.47. The van der Waals surface area contributed by atoms with Crippen molar-refractivity contribution in [3.05, 3.63) is 26.5 Å². The van der Waals surface area contributed by atoms with Crippen LogP contribution in [0.2, 0.25) is 0 Å². The second-order valence-electron chi connectivity index (χ2n) is 4.33. The predicted molar refractivity (Wildman–Crippen MR) is 85.4 cm³/mol. The summed E-state index contributed by atoms with van der Waals surface area (Å²) in [5.74, 6) is 2.48. The van der Waals surface area contributed by atoms with Gasteiger partial charge in [-0.05, 0) is 71.6 Å². The summed E-state index contributed by atoms with van der Waals surface area (Å²) in [5, 5.41) is 0. The van der Waals surface area contributed by atoms with Crippen LogP contribution in [0.4, 0.5) is 0 Å². The smallest absolute Gasteiger partial charge is 0.178 e. The molecule has 2 aromatic rings. The third-order valence-electron chi connectivity index (χ3n) is 3.18. The van der Waals surface area contributed by atoms with E-state index in [1.165, 1.54) is 33.4 Å². The van der Waals surface area contributed by atoms with Crippen molar-refractivity contribution in [3.8, 4) is 0 Å². The van der Waals surface area contributed by atoms with Crippen molar-refractivity contribution in [3.63, 3.8) is 0 Å². The first kappa shape index (κ1) is 12.0. The highest BCUT2D eigenvalue weighted by Gasteiger charge is 2.18. The third-order valence-corrected chi connectivity index (χ3v) is 5.35. The number of aromatic amines is 1. The Morgan fingerprint density at radius 1 is 1.47 bits per heavy atom. The highest BCUT2D eigenvalue weighted by molar-refractivity contribution is 14.1. The number of aromatic nitrogens is 2. The van der Waals surface area contributed by atoms with Gasteiger partial charge in [-0.15, -0.1) is 0 Å². The highest BCUT2D eigenvalue weighted by atomic mass is 127. The first-order valence-corrected chi connectivity index (χ1v) is 8.37.